The molecule has 2 aromatic rings. The third kappa shape index (κ3) is 6.98. The van der Waals surface area contributed by atoms with Gasteiger partial charge in [0, 0.05) is 13.6 Å². The zero-order chi connectivity index (χ0) is 25.5. The van der Waals surface area contributed by atoms with Crippen LogP contribution in [0.15, 0.2) is 42.5 Å². The fraction of sp³-hybridized carbons (Fsp3) is 0.318. The quantitative estimate of drug-likeness (QED) is 0.226. The van der Waals surface area contributed by atoms with Gasteiger partial charge in [0.1, 0.15) is 0 Å². The number of methoxy groups -OCH3 is 1. The number of carbonyl (C=O) groups excluding carboxylic acids is 2. The van der Waals surface area contributed by atoms with Gasteiger partial charge in [0.2, 0.25) is 0 Å². The molecule has 2 amide bonds. The third-order valence-corrected chi connectivity index (χ3v) is 5.26. The maximum atomic E-state index is 13.3. The molecule has 12 heteroatoms. The van der Waals surface area contributed by atoms with Gasteiger partial charge >= 0.3 is 18.2 Å². The van der Waals surface area contributed by atoms with Crippen molar-refractivity contribution in [1.29, 1.82) is 0 Å². The summed E-state index contributed by atoms with van der Waals surface area (Å²) in [6.45, 7) is 1.70. The largest absolute Gasteiger partial charge is 0.469 e. The normalized spacial score (nSPS) is 12.8. The Balaban J connectivity index is 2.29. The Kier molecular flexibility index (Phi) is 8.68. The average molecular weight is 498 g/mol. The number of nitrogens with two attached hydrogens (primary N) is 1. The Morgan fingerprint density at radius 3 is 2.38 bits per heavy atom. The molecular formula is C22H26F3N5O3S. The lowest BCUT2D eigenvalue weighted by Crippen LogP contribution is -2.47. The fourth-order valence-corrected chi connectivity index (χ4v) is 3.50. The van der Waals surface area contributed by atoms with Gasteiger partial charge in [-0.2, -0.15) is 13.2 Å². The van der Waals surface area contributed by atoms with E-state index in [1.165, 1.54) is 26.3 Å². The standard InChI is InChI=1S/C22H26F3N5O3S/c1-21(11-17(31)33-3,14-7-5-8-15(10-14)22(23,24)25)30-20(34)29-16-9-4-6-13(18(16)26)12-28-19(32)27-2/h4-10H,11-12,26H2,1-3H3,(H2,27,28,32)(H2,29,30,34). The highest BCUT2D eigenvalue weighted by Crippen LogP contribution is 2.33. The lowest BCUT2D eigenvalue weighted by Gasteiger charge is -2.32. The summed E-state index contributed by atoms with van der Waals surface area (Å²) in [5, 5.41) is 10.9. The predicted octanol–water partition coefficient (Wildman–Crippen LogP) is 3.48. The van der Waals surface area contributed by atoms with Gasteiger partial charge in [0.05, 0.1) is 36.0 Å². The molecule has 0 radical (unpaired) electrons. The lowest BCUT2D eigenvalue weighted by atomic mass is 9.87. The predicted molar refractivity (Wildman–Crippen MR) is 127 cm³/mol. The summed E-state index contributed by atoms with van der Waals surface area (Å²) in [7, 11) is 2.67. The molecular weight excluding hydrogens is 471 g/mol. The highest BCUT2D eigenvalue weighted by Gasteiger charge is 2.35. The van der Waals surface area contributed by atoms with Gasteiger partial charge in [-0.15, -0.1) is 0 Å². The zero-order valence-corrected chi connectivity index (χ0v) is 19.6. The number of esters is 1. The van der Waals surface area contributed by atoms with Crippen molar-refractivity contribution >= 4 is 40.7 Å². The number of nitrogens with one attached hydrogen (secondary N) is 4. The second kappa shape index (κ2) is 11.1. The summed E-state index contributed by atoms with van der Waals surface area (Å²) < 4.78 is 44.5. The summed E-state index contributed by atoms with van der Waals surface area (Å²) in [5.41, 5.74) is 5.53. The van der Waals surface area contributed by atoms with Crippen molar-refractivity contribution in [3.05, 3.63) is 59.2 Å². The summed E-state index contributed by atoms with van der Waals surface area (Å²) in [6, 6.07) is 9.30. The van der Waals surface area contributed by atoms with E-state index < -0.39 is 23.2 Å². The van der Waals surface area contributed by atoms with Crippen LogP contribution in [0.1, 0.15) is 30.0 Å². The van der Waals surface area contributed by atoms with E-state index in [9.17, 15) is 22.8 Å². The number of halogens is 3. The average Bonchev–Trinajstić information content (AvgIpc) is 2.78. The zero-order valence-electron chi connectivity index (χ0n) is 18.8. The summed E-state index contributed by atoms with van der Waals surface area (Å²) in [4.78, 5) is 23.5. The van der Waals surface area contributed by atoms with E-state index in [2.05, 4.69) is 21.3 Å². The Morgan fingerprint density at radius 1 is 1.12 bits per heavy atom. The maximum absolute atomic E-state index is 13.3. The van der Waals surface area contributed by atoms with Gasteiger partial charge in [-0.3, -0.25) is 4.79 Å². The highest BCUT2D eigenvalue weighted by molar-refractivity contribution is 7.80. The van der Waals surface area contributed by atoms with Crippen molar-refractivity contribution in [3.63, 3.8) is 0 Å². The monoisotopic (exact) mass is 497 g/mol. The molecule has 0 bridgehead atoms. The maximum Gasteiger partial charge on any atom is 0.416 e. The molecule has 0 aliphatic carbocycles. The van der Waals surface area contributed by atoms with Crippen LogP contribution in [0.4, 0.5) is 29.3 Å². The second-order valence-corrected chi connectivity index (χ2v) is 7.96. The number of anilines is 2. The molecule has 6 N–H and O–H groups in total. The highest BCUT2D eigenvalue weighted by atomic mass is 32.1. The van der Waals surface area contributed by atoms with E-state index >= 15 is 0 Å². The molecule has 184 valence electrons. The van der Waals surface area contributed by atoms with E-state index in [1.807, 2.05) is 0 Å². The van der Waals surface area contributed by atoms with Gasteiger partial charge < -0.3 is 31.7 Å². The number of nitrogen functional groups attached to an aromatic ring is 1. The van der Waals surface area contributed by atoms with E-state index in [4.69, 9.17) is 22.7 Å². The molecule has 2 rings (SSSR count). The number of alkyl halides is 3. The number of benzene rings is 2. The van der Waals surface area contributed by atoms with Crippen molar-refractivity contribution < 1.29 is 27.5 Å². The molecule has 0 spiro atoms. The van der Waals surface area contributed by atoms with E-state index in [0.29, 0.717) is 16.9 Å². The van der Waals surface area contributed by atoms with Gasteiger partial charge in [-0.1, -0.05) is 24.3 Å². The third-order valence-electron chi connectivity index (χ3n) is 5.05. The minimum Gasteiger partial charge on any atom is -0.469 e. The molecule has 0 saturated carbocycles. The van der Waals surface area contributed by atoms with Gasteiger partial charge in [-0.25, -0.2) is 4.79 Å². The number of rotatable bonds is 7. The topological polar surface area (TPSA) is 118 Å². The van der Waals surface area contributed by atoms with Crippen LogP contribution in [-0.2, 0) is 27.8 Å². The number of urea groups is 1. The number of hydrogen-bond donors (Lipinski definition) is 5. The van der Waals surface area contributed by atoms with Crippen LogP contribution in [0.5, 0.6) is 0 Å². The van der Waals surface area contributed by atoms with Crippen molar-refractivity contribution in [3.8, 4) is 0 Å². The molecule has 2 aromatic carbocycles. The first-order chi connectivity index (χ1) is 15.9. The number of hydrogen-bond acceptors (Lipinski definition) is 5. The molecule has 0 aliphatic heterocycles. The van der Waals surface area contributed by atoms with Crippen molar-refractivity contribution in [2.75, 3.05) is 25.2 Å². The lowest BCUT2D eigenvalue weighted by molar-refractivity contribution is -0.142. The van der Waals surface area contributed by atoms with Crippen LogP contribution in [-0.4, -0.2) is 31.3 Å². The SMILES string of the molecule is CNC(=O)NCc1cccc(NC(=S)NC(C)(CC(=O)OC)c2cccc(C(F)(F)F)c2)c1N. The molecule has 34 heavy (non-hydrogen) atoms. The Morgan fingerprint density at radius 2 is 1.76 bits per heavy atom. The van der Waals surface area contributed by atoms with Crippen LogP contribution in [0.3, 0.4) is 0 Å². The van der Waals surface area contributed by atoms with Crippen molar-refractivity contribution in [1.82, 2.24) is 16.0 Å². The molecule has 1 atom stereocenters. The fourth-order valence-electron chi connectivity index (χ4n) is 3.16. The van der Waals surface area contributed by atoms with Crippen molar-refractivity contribution in [2.24, 2.45) is 0 Å². The number of carbonyl (C=O) groups is 2. The van der Waals surface area contributed by atoms with E-state index in [1.54, 1.807) is 25.1 Å². The molecule has 0 aliphatic rings. The van der Waals surface area contributed by atoms with Crippen molar-refractivity contribution in [2.45, 2.75) is 31.6 Å². The van der Waals surface area contributed by atoms with Gasteiger partial charge in [0.15, 0.2) is 5.11 Å². The number of ether oxygens (including phenoxy) is 1. The smallest absolute Gasteiger partial charge is 0.416 e. The first kappa shape index (κ1) is 26.7. The van der Waals surface area contributed by atoms with Crippen LogP contribution in [0, 0.1) is 0 Å². The van der Waals surface area contributed by atoms with Crippen LogP contribution >= 0.6 is 12.2 Å². The Labute approximate surface area is 200 Å². The van der Waals surface area contributed by atoms with Gasteiger partial charge in [-0.05, 0) is 48.5 Å². The molecule has 0 heterocycles. The first-order valence-corrected chi connectivity index (χ1v) is 10.5. The second-order valence-electron chi connectivity index (χ2n) is 7.55. The summed E-state index contributed by atoms with van der Waals surface area (Å²) >= 11 is 5.38. The number of para-hydroxylation sites is 1. The van der Waals surface area contributed by atoms with E-state index in [-0.39, 0.29) is 29.7 Å². The van der Waals surface area contributed by atoms with Crippen LogP contribution < -0.4 is 27.0 Å². The Bertz CT molecular complexity index is 1060. The van der Waals surface area contributed by atoms with Crippen LogP contribution in [0.25, 0.3) is 0 Å². The summed E-state index contributed by atoms with van der Waals surface area (Å²) in [5.74, 6) is -0.642. The van der Waals surface area contributed by atoms with Gasteiger partial charge in [0.25, 0.3) is 0 Å². The first-order valence-electron chi connectivity index (χ1n) is 10.1. The number of amides is 2. The Hall–Kier alpha value is -3.54. The number of thiocarbonyl (C=S) groups is 1. The minimum absolute atomic E-state index is 0.0203. The minimum atomic E-state index is -4.56. The molecule has 1 unspecified atom stereocenters. The molecule has 0 fully saturated rings. The van der Waals surface area contributed by atoms with Crippen LogP contribution in [0.2, 0.25) is 0 Å². The molecule has 8 nitrogen and oxygen atoms in total. The molecule has 0 saturated heterocycles. The molecule has 0 aromatic heterocycles. The van der Waals surface area contributed by atoms with E-state index in [0.717, 1.165) is 12.1 Å². The summed E-state index contributed by atoms with van der Waals surface area (Å²) in [6.07, 6.45) is -4.85.